The number of nitrogens with zero attached hydrogens (tertiary/aromatic N) is 4. The minimum absolute atomic E-state index is 0.0127. The molecule has 9 nitrogen and oxygen atoms in total. The van der Waals surface area contributed by atoms with E-state index in [1.165, 1.54) is 10.8 Å². The Hall–Kier alpha value is -4.44. The van der Waals surface area contributed by atoms with E-state index in [2.05, 4.69) is 29.0 Å². The zero-order valence-corrected chi connectivity index (χ0v) is 23.9. The summed E-state index contributed by atoms with van der Waals surface area (Å²) in [4.78, 5) is 33.3. The predicted octanol–water partition coefficient (Wildman–Crippen LogP) is 4.92. The average molecular weight is 574 g/mol. The number of phenols is 1. The maximum atomic E-state index is 15.6. The molecule has 0 bridgehead atoms. The summed E-state index contributed by atoms with van der Waals surface area (Å²) in [6.45, 7) is 6.95. The molecule has 1 aliphatic heterocycles. The molecule has 0 radical (unpaired) electrons. The molecule has 3 N–H and O–H groups in total. The quantitative estimate of drug-likeness (QED) is 0.245. The van der Waals surface area contributed by atoms with Gasteiger partial charge < -0.3 is 29.9 Å². The van der Waals surface area contributed by atoms with E-state index in [9.17, 15) is 19.8 Å². The van der Waals surface area contributed by atoms with Gasteiger partial charge in [-0.05, 0) is 49.2 Å². The molecule has 0 amide bonds. The third kappa shape index (κ3) is 5.94. The molecule has 220 valence electrons. The standard InChI is InChI=1S/C32H36FN5O4/c1-3-4-7-21(2)35-19-22-9-11-23(12-10-22)38-20-25(32(41)42)30(39)24-18-26(33)29(31(40)28(24)38)37-16-14-36(15-17-37)27-8-5-6-13-34-27/h5-6,8-13,18,20-21,35,40H,3-4,7,14-17,19H2,1-2H3,(H,41,42). The van der Waals surface area contributed by atoms with Crippen molar-refractivity contribution in [1.82, 2.24) is 14.9 Å². The Bertz CT molecular complexity index is 1620. The Labute approximate surface area is 243 Å². The normalized spacial score (nSPS) is 14.4. The summed E-state index contributed by atoms with van der Waals surface area (Å²) in [5.74, 6) is -1.78. The molecular weight excluding hydrogens is 537 g/mol. The molecule has 2 aromatic heterocycles. The van der Waals surface area contributed by atoms with Gasteiger partial charge in [0.05, 0.1) is 5.39 Å². The Morgan fingerprint density at radius 2 is 1.81 bits per heavy atom. The second-order valence-corrected chi connectivity index (χ2v) is 10.8. The van der Waals surface area contributed by atoms with Crippen molar-refractivity contribution in [3.8, 4) is 11.4 Å². The molecule has 0 aliphatic carbocycles. The number of aromatic hydroxyl groups is 1. The fourth-order valence-electron chi connectivity index (χ4n) is 5.47. The minimum Gasteiger partial charge on any atom is -0.504 e. The topological polar surface area (TPSA) is 111 Å². The molecule has 0 saturated carbocycles. The number of anilines is 2. The number of carboxylic acids is 1. The molecule has 3 heterocycles. The first-order valence-electron chi connectivity index (χ1n) is 14.4. The largest absolute Gasteiger partial charge is 0.504 e. The van der Waals surface area contributed by atoms with Gasteiger partial charge in [0.25, 0.3) is 0 Å². The van der Waals surface area contributed by atoms with Crippen LogP contribution in [0.2, 0.25) is 0 Å². The van der Waals surface area contributed by atoms with E-state index in [-0.39, 0.29) is 16.6 Å². The Balaban J connectivity index is 1.50. The Morgan fingerprint density at radius 3 is 2.45 bits per heavy atom. The molecule has 1 saturated heterocycles. The summed E-state index contributed by atoms with van der Waals surface area (Å²) in [6, 6.07) is 14.5. The van der Waals surface area contributed by atoms with Crippen molar-refractivity contribution >= 4 is 28.4 Å². The van der Waals surface area contributed by atoms with E-state index in [0.29, 0.717) is 44.5 Å². The molecule has 42 heavy (non-hydrogen) atoms. The first-order chi connectivity index (χ1) is 20.3. The molecule has 1 atom stereocenters. The van der Waals surface area contributed by atoms with Crippen molar-refractivity contribution in [3.63, 3.8) is 0 Å². The lowest BCUT2D eigenvalue weighted by molar-refractivity contribution is 0.0695. The van der Waals surface area contributed by atoms with Crippen LogP contribution in [0, 0.1) is 5.82 Å². The van der Waals surface area contributed by atoms with Crippen LogP contribution in [0.5, 0.6) is 5.75 Å². The highest BCUT2D eigenvalue weighted by Gasteiger charge is 2.27. The maximum Gasteiger partial charge on any atom is 0.341 e. The molecule has 2 aromatic carbocycles. The highest BCUT2D eigenvalue weighted by molar-refractivity contribution is 5.97. The number of hydrogen-bond acceptors (Lipinski definition) is 7. The average Bonchev–Trinajstić information content (AvgIpc) is 3.00. The van der Waals surface area contributed by atoms with Gasteiger partial charge in [-0.25, -0.2) is 14.2 Å². The number of unbranched alkanes of at least 4 members (excludes halogenated alkanes) is 1. The summed E-state index contributed by atoms with van der Waals surface area (Å²) in [5, 5.41) is 24.6. The van der Waals surface area contributed by atoms with E-state index in [1.807, 2.05) is 30.3 Å². The number of halogens is 1. The molecule has 1 fully saturated rings. The second-order valence-electron chi connectivity index (χ2n) is 10.8. The molecule has 5 rings (SSSR count). The summed E-state index contributed by atoms with van der Waals surface area (Å²) in [6.07, 6.45) is 6.31. The molecular formula is C32H36FN5O4. The van der Waals surface area contributed by atoms with Crippen LogP contribution in [-0.2, 0) is 6.54 Å². The van der Waals surface area contributed by atoms with E-state index < -0.39 is 28.5 Å². The van der Waals surface area contributed by atoms with Crippen LogP contribution in [0.15, 0.2) is 65.7 Å². The lowest BCUT2D eigenvalue weighted by Gasteiger charge is -2.37. The third-order valence-electron chi connectivity index (χ3n) is 7.85. The maximum absolute atomic E-state index is 15.6. The smallest absolute Gasteiger partial charge is 0.341 e. The van der Waals surface area contributed by atoms with Crippen LogP contribution in [-0.4, -0.2) is 58.0 Å². The van der Waals surface area contributed by atoms with Crippen LogP contribution < -0.4 is 20.5 Å². The zero-order valence-electron chi connectivity index (χ0n) is 23.9. The van der Waals surface area contributed by atoms with Gasteiger partial charge in [-0.2, -0.15) is 0 Å². The summed E-state index contributed by atoms with van der Waals surface area (Å²) in [7, 11) is 0. The van der Waals surface area contributed by atoms with Gasteiger partial charge in [0.1, 0.15) is 22.6 Å². The Morgan fingerprint density at radius 1 is 1.10 bits per heavy atom. The van der Waals surface area contributed by atoms with E-state index >= 15 is 4.39 Å². The number of benzene rings is 2. The number of aromatic carboxylic acids is 1. The highest BCUT2D eigenvalue weighted by atomic mass is 19.1. The van der Waals surface area contributed by atoms with Crippen LogP contribution in [0.3, 0.4) is 0 Å². The molecule has 4 aromatic rings. The number of carboxylic acid groups (broad SMARTS) is 1. The SMILES string of the molecule is CCCCC(C)NCc1ccc(-n2cc(C(=O)O)c(=O)c3cc(F)c(N4CCN(c5ccccn5)CC4)c(O)c32)cc1. The van der Waals surface area contributed by atoms with Gasteiger partial charge >= 0.3 is 5.97 Å². The van der Waals surface area contributed by atoms with Crippen molar-refractivity contribution < 1.29 is 19.4 Å². The number of fused-ring (bicyclic) bond motifs is 1. The van der Waals surface area contributed by atoms with Crippen molar-refractivity contribution in [1.29, 1.82) is 0 Å². The third-order valence-corrected chi connectivity index (χ3v) is 7.85. The summed E-state index contributed by atoms with van der Waals surface area (Å²) < 4.78 is 17.0. The number of nitrogens with one attached hydrogen (secondary N) is 1. The van der Waals surface area contributed by atoms with Gasteiger partial charge in [-0.1, -0.05) is 38.0 Å². The number of rotatable bonds is 10. The number of piperazine rings is 1. The van der Waals surface area contributed by atoms with E-state index in [4.69, 9.17) is 0 Å². The van der Waals surface area contributed by atoms with Gasteiger partial charge in [0, 0.05) is 56.8 Å². The van der Waals surface area contributed by atoms with E-state index in [1.54, 1.807) is 23.2 Å². The molecule has 1 unspecified atom stereocenters. The van der Waals surface area contributed by atoms with Gasteiger partial charge in [0.2, 0.25) is 5.43 Å². The lowest BCUT2D eigenvalue weighted by Crippen LogP contribution is -2.47. The van der Waals surface area contributed by atoms with Crippen molar-refractivity contribution in [2.24, 2.45) is 0 Å². The molecule has 0 spiro atoms. The van der Waals surface area contributed by atoms with E-state index in [0.717, 1.165) is 36.7 Å². The number of phenolic OH excluding ortho intramolecular Hbond substituents is 1. The monoisotopic (exact) mass is 573 g/mol. The fourth-order valence-corrected chi connectivity index (χ4v) is 5.47. The van der Waals surface area contributed by atoms with Crippen LogP contribution in [0.1, 0.15) is 49.0 Å². The number of carbonyl (C=O) groups is 1. The lowest BCUT2D eigenvalue weighted by atomic mass is 10.1. The van der Waals surface area contributed by atoms with Crippen molar-refractivity contribution in [3.05, 3.63) is 88.1 Å². The van der Waals surface area contributed by atoms with Crippen molar-refractivity contribution in [2.45, 2.75) is 45.7 Å². The molecule has 1 aliphatic rings. The fraction of sp³-hybridized carbons (Fsp3) is 0.344. The zero-order chi connectivity index (χ0) is 29.8. The van der Waals surface area contributed by atoms with Crippen LogP contribution >= 0.6 is 0 Å². The van der Waals surface area contributed by atoms with Crippen LogP contribution in [0.25, 0.3) is 16.6 Å². The first kappa shape index (κ1) is 29.1. The molecule has 10 heteroatoms. The van der Waals surface area contributed by atoms with Gasteiger partial charge in [-0.3, -0.25) is 4.79 Å². The first-order valence-corrected chi connectivity index (χ1v) is 14.4. The number of aromatic nitrogens is 2. The Kier molecular flexibility index (Phi) is 8.72. The van der Waals surface area contributed by atoms with Gasteiger partial charge in [0.15, 0.2) is 11.6 Å². The predicted molar refractivity (Wildman–Crippen MR) is 163 cm³/mol. The second kappa shape index (κ2) is 12.6. The van der Waals surface area contributed by atoms with Crippen molar-refractivity contribution in [2.75, 3.05) is 36.0 Å². The summed E-state index contributed by atoms with van der Waals surface area (Å²) >= 11 is 0. The number of hydrogen-bond donors (Lipinski definition) is 3. The van der Waals surface area contributed by atoms with Gasteiger partial charge in [-0.15, -0.1) is 0 Å². The summed E-state index contributed by atoms with van der Waals surface area (Å²) in [5.41, 5.74) is 0.268. The minimum atomic E-state index is -1.42. The highest BCUT2D eigenvalue weighted by Crippen LogP contribution is 2.38. The van der Waals surface area contributed by atoms with Crippen LogP contribution in [0.4, 0.5) is 15.9 Å². The number of pyridine rings is 2.